The molecule has 0 spiro atoms. The molecular formula is C25H31F4N5O4. The molecule has 38 heavy (non-hydrogen) atoms. The Morgan fingerprint density at radius 3 is 2.55 bits per heavy atom. The summed E-state index contributed by atoms with van der Waals surface area (Å²) in [5.41, 5.74) is -2.18. The summed E-state index contributed by atoms with van der Waals surface area (Å²) in [4.78, 5) is 31.7. The third-order valence-electron chi connectivity index (χ3n) is 7.71. The van der Waals surface area contributed by atoms with E-state index in [4.69, 9.17) is 4.74 Å². The van der Waals surface area contributed by atoms with Crippen molar-refractivity contribution >= 4 is 11.8 Å². The Bertz CT molecular complexity index is 1180. The van der Waals surface area contributed by atoms with Crippen molar-refractivity contribution in [1.82, 2.24) is 25.4 Å². The molecule has 1 aliphatic heterocycles. The summed E-state index contributed by atoms with van der Waals surface area (Å²) in [5, 5.41) is 19.4. The number of H-pyrrole nitrogens is 1. The largest absolute Gasteiger partial charge is 0.481 e. The third-order valence-corrected chi connectivity index (χ3v) is 7.71. The first-order chi connectivity index (χ1) is 17.8. The van der Waals surface area contributed by atoms with Gasteiger partial charge in [-0.2, -0.15) is 18.3 Å². The number of likely N-dealkylation sites (tertiary alicyclic amines) is 1. The maximum Gasteiger partial charge on any atom is 0.417 e. The second kappa shape index (κ2) is 10.5. The molecule has 0 aromatic carbocycles. The summed E-state index contributed by atoms with van der Waals surface area (Å²) >= 11 is 0. The Morgan fingerprint density at radius 1 is 1.24 bits per heavy atom. The van der Waals surface area contributed by atoms with Gasteiger partial charge in [0.1, 0.15) is 0 Å². The molecule has 0 bridgehead atoms. The smallest absolute Gasteiger partial charge is 0.417 e. The third kappa shape index (κ3) is 5.47. The van der Waals surface area contributed by atoms with E-state index in [1.807, 2.05) is 13.8 Å². The lowest BCUT2D eigenvalue weighted by molar-refractivity contribution is -0.270. The van der Waals surface area contributed by atoms with Crippen LogP contribution in [-0.2, 0) is 4.79 Å². The Hall–Kier alpha value is -3.22. The van der Waals surface area contributed by atoms with E-state index in [0.29, 0.717) is 6.42 Å². The second-order valence-electron chi connectivity index (χ2n) is 10.3. The van der Waals surface area contributed by atoms with Gasteiger partial charge in [-0.15, -0.1) is 0 Å². The number of alkyl halides is 3. The number of nitrogens with one attached hydrogen (secondary N) is 2. The molecule has 1 aliphatic carbocycles. The van der Waals surface area contributed by atoms with Crippen molar-refractivity contribution in [2.45, 2.75) is 69.8 Å². The molecule has 1 saturated carbocycles. The van der Waals surface area contributed by atoms with Gasteiger partial charge in [0.05, 0.1) is 19.0 Å². The van der Waals surface area contributed by atoms with Crippen molar-refractivity contribution < 1.29 is 37.0 Å². The number of aromatic nitrogens is 3. The normalized spacial score (nSPS) is 28.2. The number of aromatic amines is 1. The van der Waals surface area contributed by atoms with Crippen LogP contribution in [0.25, 0.3) is 11.3 Å². The zero-order valence-corrected chi connectivity index (χ0v) is 21.3. The van der Waals surface area contributed by atoms with Crippen molar-refractivity contribution in [3.05, 3.63) is 29.8 Å². The highest BCUT2D eigenvalue weighted by Crippen LogP contribution is 2.41. The molecule has 208 valence electrons. The van der Waals surface area contributed by atoms with E-state index in [-0.39, 0.29) is 66.0 Å². The molecule has 2 aromatic rings. The highest BCUT2D eigenvalue weighted by atomic mass is 19.4. The molecule has 9 nitrogen and oxygen atoms in total. The molecule has 4 rings (SSSR count). The number of ether oxygens (including phenoxy) is 1. The molecule has 2 aliphatic rings. The quantitative estimate of drug-likeness (QED) is 0.499. The van der Waals surface area contributed by atoms with Crippen LogP contribution in [0.2, 0.25) is 0 Å². The van der Waals surface area contributed by atoms with Crippen LogP contribution < -0.4 is 10.1 Å². The number of hydrogen-bond acceptors (Lipinski definition) is 6. The molecule has 2 amide bonds. The minimum absolute atomic E-state index is 0.0362. The van der Waals surface area contributed by atoms with E-state index >= 15 is 0 Å². The van der Waals surface area contributed by atoms with Crippen LogP contribution in [0, 0.1) is 17.7 Å². The molecule has 3 atom stereocenters. The van der Waals surface area contributed by atoms with Gasteiger partial charge in [0, 0.05) is 36.2 Å². The van der Waals surface area contributed by atoms with Gasteiger partial charge in [-0.25, -0.2) is 9.37 Å². The molecule has 3 N–H and O–H groups in total. The summed E-state index contributed by atoms with van der Waals surface area (Å²) in [7, 11) is 1.40. The van der Waals surface area contributed by atoms with Crippen LogP contribution in [0.1, 0.15) is 56.4 Å². The lowest BCUT2D eigenvalue weighted by Gasteiger charge is -2.42. The maximum atomic E-state index is 14.3. The van der Waals surface area contributed by atoms with Gasteiger partial charge in [0.15, 0.2) is 17.1 Å². The van der Waals surface area contributed by atoms with Crippen LogP contribution in [0.3, 0.4) is 0 Å². The lowest BCUT2D eigenvalue weighted by Crippen LogP contribution is -2.54. The van der Waals surface area contributed by atoms with Crippen molar-refractivity contribution in [2.75, 3.05) is 13.7 Å². The minimum Gasteiger partial charge on any atom is -0.481 e. The fraction of sp³-hybridized carbons (Fsp3) is 0.600. The van der Waals surface area contributed by atoms with Crippen molar-refractivity contribution in [3.8, 4) is 17.1 Å². The maximum absolute atomic E-state index is 14.3. The van der Waals surface area contributed by atoms with E-state index in [9.17, 15) is 32.3 Å². The number of nitrogens with zero attached hydrogens (tertiary/aromatic N) is 3. The highest BCUT2D eigenvalue weighted by molar-refractivity contribution is 5.94. The van der Waals surface area contributed by atoms with Gasteiger partial charge in [-0.3, -0.25) is 14.7 Å². The van der Waals surface area contributed by atoms with Crippen LogP contribution in [0.5, 0.6) is 5.88 Å². The number of piperidine rings is 1. The van der Waals surface area contributed by atoms with Gasteiger partial charge < -0.3 is 20.1 Å². The van der Waals surface area contributed by atoms with Crippen molar-refractivity contribution in [3.63, 3.8) is 0 Å². The molecule has 1 unspecified atom stereocenters. The van der Waals surface area contributed by atoms with Crippen LogP contribution in [-0.4, -0.2) is 74.5 Å². The zero-order chi connectivity index (χ0) is 27.8. The monoisotopic (exact) mass is 541 g/mol. The van der Waals surface area contributed by atoms with Crippen molar-refractivity contribution in [2.24, 2.45) is 11.8 Å². The fourth-order valence-electron chi connectivity index (χ4n) is 5.28. The lowest BCUT2D eigenvalue weighted by atomic mass is 9.80. The Labute approximate surface area is 217 Å². The van der Waals surface area contributed by atoms with Gasteiger partial charge in [0.25, 0.3) is 5.91 Å². The Kier molecular flexibility index (Phi) is 7.69. The Morgan fingerprint density at radius 2 is 1.92 bits per heavy atom. The molecule has 1 saturated heterocycles. The highest BCUT2D eigenvalue weighted by Gasteiger charge is 2.54. The van der Waals surface area contributed by atoms with E-state index < -0.39 is 42.4 Å². The number of halogens is 4. The fourth-order valence-corrected chi connectivity index (χ4v) is 5.28. The van der Waals surface area contributed by atoms with Crippen LogP contribution >= 0.6 is 0 Å². The SMILES string of the molecule is COc1cc(-c2cc(C(=O)N3C[C@@H](C)C(C(=O)N[C@H]4CC[C@@](O)(C(F)(F)F)CC4)C[C@H]3C)n[nH]2)c(F)cn1. The predicted molar refractivity (Wildman–Crippen MR) is 128 cm³/mol. The van der Waals surface area contributed by atoms with E-state index in [2.05, 4.69) is 20.5 Å². The number of hydrogen-bond donors (Lipinski definition) is 3. The van der Waals surface area contributed by atoms with E-state index in [1.165, 1.54) is 19.2 Å². The number of carbonyl (C=O) groups is 2. The van der Waals surface area contributed by atoms with Gasteiger partial charge in [0.2, 0.25) is 11.8 Å². The molecule has 13 heteroatoms. The summed E-state index contributed by atoms with van der Waals surface area (Å²) in [6, 6.07) is 2.08. The second-order valence-corrected chi connectivity index (χ2v) is 10.3. The number of methoxy groups -OCH3 is 1. The standard InChI is InChI=1S/C25H31F4N5O4/c1-13-12-34(23(36)20-10-19(32-33-20)17-9-21(38-3)30-11-18(17)26)14(2)8-16(13)22(35)31-15-4-6-24(37,7-5-15)25(27,28)29/h9-11,13-16,37H,4-8,12H2,1-3H3,(H,31,35)(H,32,33)/t13-,14-,15-,16?,24-/m1/s1. The number of carbonyl (C=O) groups excluding carboxylic acids is 2. The molecule has 2 fully saturated rings. The van der Waals surface area contributed by atoms with Crippen LogP contribution in [0.15, 0.2) is 18.3 Å². The van der Waals surface area contributed by atoms with E-state index in [1.54, 1.807) is 4.90 Å². The summed E-state index contributed by atoms with van der Waals surface area (Å²) in [6.45, 7) is 3.93. The van der Waals surface area contributed by atoms with Gasteiger partial charge in [-0.05, 0) is 51.0 Å². The summed E-state index contributed by atoms with van der Waals surface area (Å²) < 4.78 is 58.5. The first-order valence-corrected chi connectivity index (χ1v) is 12.5. The minimum atomic E-state index is -4.69. The number of pyridine rings is 1. The van der Waals surface area contributed by atoms with E-state index in [0.717, 1.165) is 6.20 Å². The number of aliphatic hydroxyl groups is 1. The Balaban J connectivity index is 1.37. The topological polar surface area (TPSA) is 120 Å². The zero-order valence-electron chi connectivity index (χ0n) is 21.3. The van der Waals surface area contributed by atoms with Gasteiger partial charge >= 0.3 is 6.18 Å². The van der Waals surface area contributed by atoms with Crippen molar-refractivity contribution in [1.29, 1.82) is 0 Å². The number of amides is 2. The first kappa shape index (κ1) is 27.8. The molecule has 3 heterocycles. The van der Waals surface area contributed by atoms with Gasteiger partial charge in [-0.1, -0.05) is 6.92 Å². The summed E-state index contributed by atoms with van der Waals surface area (Å²) in [6.07, 6.45) is -4.15. The average molecular weight is 542 g/mol. The summed E-state index contributed by atoms with van der Waals surface area (Å²) in [5.74, 6) is -1.68. The molecule has 0 radical (unpaired) electrons. The van der Waals surface area contributed by atoms with Crippen LogP contribution in [0.4, 0.5) is 17.6 Å². The molecule has 2 aromatic heterocycles. The predicted octanol–water partition coefficient (Wildman–Crippen LogP) is 3.46. The number of rotatable bonds is 5. The first-order valence-electron chi connectivity index (χ1n) is 12.5. The average Bonchev–Trinajstić information content (AvgIpc) is 3.36. The molecular weight excluding hydrogens is 510 g/mol.